The lowest BCUT2D eigenvalue weighted by atomic mass is 10.1. The quantitative estimate of drug-likeness (QED) is 0.347. The Morgan fingerprint density at radius 1 is 0.846 bits per heavy atom. The number of aryl methyl sites for hydroxylation is 2. The van der Waals surface area contributed by atoms with E-state index in [0.29, 0.717) is 22.4 Å². The molecule has 0 aliphatic carbocycles. The summed E-state index contributed by atoms with van der Waals surface area (Å²) in [5.41, 5.74) is 2.90. The first-order chi connectivity index (χ1) is 12.6. The van der Waals surface area contributed by atoms with Gasteiger partial charge in [-0.05, 0) is 32.0 Å². The highest BCUT2D eigenvalue weighted by Gasteiger charge is 2.16. The van der Waals surface area contributed by atoms with E-state index in [9.17, 15) is 4.79 Å². The number of para-hydroxylation sites is 1. The summed E-state index contributed by atoms with van der Waals surface area (Å²) in [4.78, 5) is 17.7. The SMILES string of the molecule is Cc1cc(C)n(-c2nn3c(=O)c4ccccc4nc3c3ccccc23)n1. The van der Waals surface area contributed by atoms with Gasteiger partial charge in [-0.15, -0.1) is 5.10 Å². The molecule has 0 amide bonds. The van der Waals surface area contributed by atoms with Gasteiger partial charge >= 0.3 is 0 Å². The molecule has 0 bridgehead atoms. The number of hydrogen-bond donors (Lipinski definition) is 0. The molecule has 26 heavy (non-hydrogen) atoms. The van der Waals surface area contributed by atoms with E-state index in [1.807, 2.05) is 62.4 Å². The van der Waals surface area contributed by atoms with Gasteiger partial charge in [0.05, 0.1) is 16.6 Å². The molecule has 0 aliphatic heterocycles. The molecule has 0 saturated carbocycles. The Morgan fingerprint density at radius 2 is 1.54 bits per heavy atom. The second kappa shape index (κ2) is 5.23. The van der Waals surface area contributed by atoms with E-state index in [-0.39, 0.29) is 5.56 Å². The van der Waals surface area contributed by atoms with Crippen LogP contribution in [0.2, 0.25) is 0 Å². The Labute approximate surface area is 148 Å². The van der Waals surface area contributed by atoms with Crippen molar-refractivity contribution in [3.05, 3.63) is 76.3 Å². The number of hydrogen-bond acceptors (Lipinski definition) is 4. The predicted octanol–water partition coefficient (Wildman–Crippen LogP) is 3.20. The van der Waals surface area contributed by atoms with Crippen molar-refractivity contribution in [2.24, 2.45) is 0 Å². The van der Waals surface area contributed by atoms with Crippen LogP contribution in [0.25, 0.3) is 33.1 Å². The normalized spacial score (nSPS) is 11.6. The van der Waals surface area contributed by atoms with E-state index in [1.54, 1.807) is 10.7 Å². The minimum absolute atomic E-state index is 0.181. The van der Waals surface area contributed by atoms with Crippen molar-refractivity contribution in [1.82, 2.24) is 24.4 Å². The molecular formula is C20H15N5O. The lowest BCUT2D eigenvalue weighted by Crippen LogP contribution is -2.20. The summed E-state index contributed by atoms with van der Waals surface area (Å²) in [7, 11) is 0. The Balaban J connectivity index is 2.03. The van der Waals surface area contributed by atoms with E-state index in [0.717, 1.165) is 22.2 Å². The first-order valence-electron chi connectivity index (χ1n) is 8.38. The number of rotatable bonds is 1. The fourth-order valence-electron chi connectivity index (χ4n) is 3.41. The Kier molecular flexibility index (Phi) is 2.97. The summed E-state index contributed by atoms with van der Waals surface area (Å²) in [6.07, 6.45) is 0. The maximum Gasteiger partial charge on any atom is 0.282 e. The van der Waals surface area contributed by atoms with Crippen LogP contribution in [0.5, 0.6) is 0 Å². The molecule has 6 heteroatoms. The average molecular weight is 341 g/mol. The summed E-state index contributed by atoms with van der Waals surface area (Å²) < 4.78 is 3.16. The highest BCUT2D eigenvalue weighted by molar-refractivity contribution is 5.99. The molecule has 126 valence electrons. The van der Waals surface area contributed by atoms with Gasteiger partial charge in [-0.3, -0.25) is 4.79 Å². The number of benzene rings is 2. The maximum absolute atomic E-state index is 13.0. The van der Waals surface area contributed by atoms with Crippen LogP contribution in [0.3, 0.4) is 0 Å². The van der Waals surface area contributed by atoms with Gasteiger partial charge in [0.2, 0.25) is 0 Å². The minimum atomic E-state index is -0.181. The third kappa shape index (κ3) is 1.99. The van der Waals surface area contributed by atoms with Crippen LogP contribution in [0.1, 0.15) is 11.4 Å². The molecule has 0 radical (unpaired) electrons. The molecule has 2 aromatic carbocycles. The first-order valence-corrected chi connectivity index (χ1v) is 8.38. The van der Waals surface area contributed by atoms with Gasteiger partial charge < -0.3 is 0 Å². The van der Waals surface area contributed by atoms with E-state index >= 15 is 0 Å². The fourth-order valence-corrected chi connectivity index (χ4v) is 3.41. The Bertz CT molecular complexity index is 1380. The molecule has 0 atom stereocenters. The van der Waals surface area contributed by atoms with Crippen molar-refractivity contribution >= 4 is 27.3 Å². The van der Waals surface area contributed by atoms with Gasteiger partial charge in [0.25, 0.3) is 5.56 Å². The lowest BCUT2D eigenvalue weighted by Gasteiger charge is -2.11. The van der Waals surface area contributed by atoms with Crippen LogP contribution >= 0.6 is 0 Å². The number of aromatic nitrogens is 5. The van der Waals surface area contributed by atoms with Gasteiger partial charge in [0.1, 0.15) is 0 Å². The third-order valence-corrected chi connectivity index (χ3v) is 4.57. The molecule has 0 aliphatic rings. The Hall–Kier alpha value is -3.54. The van der Waals surface area contributed by atoms with Crippen LogP contribution in [0.15, 0.2) is 59.4 Å². The summed E-state index contributed by atoms with van der Waals surface area (Å²) in [6, 6.07) is 17.2. The number of nitrogens with zero attached hydrogens (tertiary/aromatic N) is 5. The van der Waals surface area contributed by atoms with Crippen LogP contribution < -0.4 is 5.56 Å². The second-order valence-electron chi connectivity index (χ2n) is 6.38. The molecule has 3 aromatic heterocycles. The van der Waals surface area contributed by atoms with Crippen LogP contribution in [0.4, 0.5) is 0 Å². The highest BCUT2D eigenvalue weighted by atomic mass is 16.1. The van der Waals surface area contributed by atoms with Crippen molar-refractivity contribution in [3.8, 4) is 5.82 Å². The van der Waals surface area contributed by atoms with Crippen molar-refractivity contribution in [1.29, 1.82) is 0 Å². The average Bonchev–Trinajstić information content (AvgIpc) is 2.99. The predicted molar refractivity (Wildman–Crippen MR) is 101 cm³/mol. The van der Waals surface area contributed by atoms with E-state index in [2.05, 4.69) is 10.2 Å². The summed E-state index contributed by atoms with van der Waals surface area (Å²) in [5.74, 6) is 0.623. The maximum atomic E-state index is 13.0. The van der Waals surface area contributed by atoms with E-state index < -0.39 is 0 Å². The molecule has 0 N–H and O–H groups in total. The van der Waals surface area contributed by atoms with E-state index in [4.69, 9.17) is 4.98 Å². The summed E-state index contributed by atoms with van der Waals surface area (Å²) in [5, 5.41) is 11.5. The molecule has 5 rings (SSSR count). The molecule has 0 saturated heterocycles. The molecule has 0 unspecified atom stereocenters. The number of fused-ring (bicyclic) bond motifs is 4. The zero-order valence-electron chi connectivity index (χ0n) is 14.3. The van der Waals surface area contributed by atoms with Crippen LogP contribution in [-0.4, -0.2) is 24.4 Å². The second-order valence-corrected chi connectivity index (χ2v) is 6.38. The minimum Gasteiger partial charge on any atom is -0.267 e. The van der Waals surface area contributed by atoms with Crippen LogP contribution in [-0.2, 0) is 0 Å². The topological polar surface area (TPSA) is 65.1 Å². The largest absolute Gasteiger partial charge is 0.282 e. The standard InChI is InChI=1S/C20H15N5O/c1-12-11-13(2)24(22-12)19-15-8-4-3-7-14(15)18-21-17-10-6-5-9-16(17)20(26)25(18)23-19/h3-11H,1-2H3. The van der Waals surface area contributed by atoms with Gasteiger partial charge in [-0.1, -0.05) is 36.4 Å². The van der Waals surface area contributed by atoms with E-state index in [1.165, 1.54) is 4.52 Å². The third-order valence-electron chi connectivity index (χ3n) is 4.57. The summed E-state index contributed by atoms with van der Waals surface area (Å²) in [6.45, 7) is 3.91. The highest BCUT2D eigenvalue weighted by Crippen LogP contribution is 2.24. The molecule has 0 spiro atoms. The molecular weight excluding hydrogens is 326 g/mol. The van der Waals surface area contributed by atoms with Crippen molar-refractivity contribution in [2.45, 2.75) is 13.8 Å². The molecule has 0 fully saturated rings. The van der Waals surface area contributed by atoms with Gasteiger partial charge in [0.15, 0.2) is 11.5 Å². The monoisotopic (exact) mass is 341 g/mol. The fraction of sp³-hybridized carbons (Fsp3) is 0.100. The van der Waals surface area contributed by atoms with Gasteiger partial charge in [0, 0.05) is 16.5 Å². The van der Waals surface area contributed by atoms with Gasteiger partial charge in [-0.25, -0.2) is 9.67 Å². The zero-order chi connectivity index (χ0) is 17.8. The van der Waals surface area contributed by atoms with Crippen molar-refractivity contribution < 1.29 is 0 Å². The lowest BCUT2D eigenvalue weighted by molar-refractivity contribution is 0.764. The Morgan fingerprint density at radius 3 is 2.27 bits per heavy atom. The first kappa shape index (κ1) is 14.8. The molecule has 3 heterocycles. The smallest absolute Gasteiger partial charge is 0.267 e. The zero-order valence-corrected chi connectivity index (χ0v) is 14.3. The van der Waals surface area contributed by atoms with Crippen LogP contribution in [0, 0.1) is 13.8 Å². The van der Waals surface area contributed by atoms with Gasteiger partial charge in [-0.2, -0.15) is 9.61 Å². The molecule has 5 aromatic rings. The van der Waals surface area contributed by atoms with Crippen molar-refractivity contribution in [2.75, 3.05) is 0 Å². The summed E-state index contributed by atoms with van der Waals surface area (Å²) >= 11 is 0. The van der Waals surface area contributed by atoms with Crippen molar-refractivity contribution in [3.63, 3.8) is 0 Å². The molecule has 6 nitrogen and oxygen atoms in total.